The molecule has 1 N–H and O–H groups in total. The van der Waals surface area contributed by atoms with E-state index in [0.717, 1.165) is 16.9 Å². The molecule has 1 atom stereocenters. The molecule has 2 heterocycles. The van der Waals surface area contributed by atoms with Crippen molar-refractivity contribution in [1.29, 1.82) is 0 Å². The van der Waals surface area contributed by atoms with E-state index < -0.39 is 6.04 Å². The van der Waals surface area contributed by atoms with Crippen molar-refractivity contribution >= 4 is 23.7 Å². The molecule has 0 spiro atoms. The first-order valence-corrected chi connectivity index (χ1v) is 12.0. The summed E-state index contributed by atoms with van der Waals surface area (Å²) < 4.78 is 13.4. The maximum atomic E-state index is 13.0. The normalized spacial score (nSPS) is 15.1. The minimum atomic E-state index is -0.520. The Morgan fingerprint density at radius 2 is 1.88 bits per heavy atom. The lowest BCUT2D eigenvalue weighted by molar-refractivity contribution is -0.139. The Labute approximate surface area is 198 Å². The third-order valence-electron chi connectivity index (χ3n) is 5.33. The number of anilines is 1. The number of benzene rings is 2. The maximum Gasteiger partial charge on any atom is 0.338 e. The summed E-state index contributed by atoms with van der Waals surface area (Å²) >= 11 is 1.55. The highest BCUT2D eigenvalue weighted by molar-refractivity contribution is 7.99. The Balaban J connectivity index is 1.76. The molecule has 8 heteroatoms. The molecule has 33 heavy (non-hydrogen) atoms. The molecule has 2 aromatic carbocycles. The quantitative estimate of drug-likeness (QED) is 0.366. The van der Waals surface area contributed by atoms with Crippen molar-refractivity contribution < 1.29 is 14.3 Å². The molecule has 0 saturated carbocycles. The third kappa shape index (κ3) is 4.90. The molecule has 7 nitrogen and oxygen atoms in total. The SMILES string of the molecule is CCOC(=O)C1=C(C)Nc2nc(SCC)nn2C1c1ccccc1OCc1ccc(C)cc1. The summed E-state index contributed by atoms with van der Waals surface area (Å²) in [5, 5.41) is 8.58. The first-order chi connectivity index (χ1) is 16.0. The summed E-state index contributed by atoms with van der Waals surface area (Å²) in [5.74, 6) is 1.74. The smallest absolute Gasteiger partial charge is 0.338 e. The first kappa shape index (κ1) is 22.9. The second-order valence-corrected chi connectivity index (χ2v) is 8.93. The third-order valence-corrected chi connectivity index (χ3v) is 6.05. The molecule has 1 aliphatic heterocycles. The van der Waals surface area contributed by atoms with Crippen molar-refractivity contribution in [3.8, 4) is 5.75 Å². The summed E-state index contributed by atoms with van der Waals surface area (Å²) in [6.07, 6.45) is 0. The van der Waals surface area contributed by atoms with Crippen LogP contribution in [-0.2, 0) is 16.1 Å². The van der Waals surface area contributed by atoms with Crippen LogP contribution in [0.25, 0.3) is 0 Å². The Morgan fingerprint density at radius 1 is 1.12 bits per heavy atom. The van der Waals surface area contributed by atoms with Gasteiger partial charge in [0.1, 0.15) is 18.4 Å². The predicted octanol–water partition coefficient (Wildman–Crippen LogP) is 5.13. The Bertz CT molecular complexity index is 1170. The van der Waals surface area contributed by atoms with E-state index in [1.54, 1.807) is 23.4 Å². The van der Waals surface area contributed by atoms with Crippen LogP contribution >= 0.6 is 11.8 Å². The second kappa shape index (κ2) is 10.1. The van der Waals surface area contributed by atoms with Crippen LogP contribution in [0.4, 0.5) is 5.95 Å². The predicted molar refractivity (Wildman–Crippen MR) is 129 cm³/mol. The molecular weight excluding hydrogens is 436 g/mol. The number of aryl methyl sites for hydroxylation is 1. The zero-order chi connectivity index (χ0) is 23.4. The number of fused-ring (bicyclic) bond motifs is 1. The summed E-state index contributed by atoms with van der Waals surface area (Å²) in [4.78, 5) is 17.6. The molecule has 0 aliphatic carbocycles. The summed E-state index contributed by atoms with van der Waals surface area (Å²) in [6.45, 7) is 8.48. The van der Waals surface area contributed by atoms with Gasteiger partial charge in [0.2, 0.25) is 11.1 Å². The lowest BCUT2D eigenvalue weighted by Gasteiger charge is -2.29. The number of allylic oxidation sites excluding steroid dienone is 1. The van der Waals surface area contributed by atoms with E-state index >= 15 is 0 Å². The van der Waals surface area contributed by atoms with Gasteiger partial charge >= 0.3 is 5.97 Å². The van der Waals surface area contributed by atoms with Gasteiger partial charge in [-0.3, -0.25) is 0 Å². The zero-order valence-electron chi connectivity index (χ0n) is 19.3. The maximum absolute atomic E-state index is 13.0. The molecule has 0 radical (unpaired) electrons. The number of hydrogen-bond donors (Lipinski definition) is 1. The fourth-order valence-electron chi connectivity index (χ4n) is 3.77. The highest BCUT2D eigenvalue weighted by Gasteiger charge is 2.36. The van der Waals surface area contributed by atoms with E-state index in [-0.39, 0.29) is 12.6 Å². The number of rotatable bonds is 8. The summed E-state index contributed by atoms with van der Waals surface area (Å²) in [6, 6.07) is 15.5. The molecular formula is C25H28N4O3S. The van der Waals surface area contributed by atoms with E-state index in [1.165, 1.54) is 5.56 Å². The summed E-state index contributed by atoms with van der Waals surface area (Å²) in [5.41, 5.74) is 4.29. The van der Waals surface area contributed by atoms with E-state index in [1.807, 2.05) is 31.2 Å². The van der Waals surface area contributed by atoms with Gasteiger partial charge in [-0.25, -0.2) is 9.48 Å². The molecule has 0 amide bonds. The fourth-order valence-corrected chi connectivity index (χ4v) is 4.32. The largest absolute Gasteiger partial charge is 0.489 e. The van der Waals surface area contributed by atoms with Crippen LogP contribution in [0.3, 0.4) is 0 Å². The van der Waals surface area contributed by atoms with Crippen molar-refractivity contribution in [2.24, 2.45) is 0 Å². The highest BCUT2D eigenvalue weighted by Crippen LogP contribution is 2.40. The molecule has 1 aromatic heterocycles. The Morgan fingerprint density at radius 3 is 2.61 bits per heavy atom. The Hall–Kier alpha value is -3.26. The number of para-hydroxylation sites is 1. The van der Waals surface area contributed by atoms with Crippen LogP contribution in [0.2, 0.25) is 0 Å². The van der Waals surface area contributed by atoms with Gasteiger partial charge in [0.15, 0.2) is 0 Å². The number of hydrogen-bond acceptors (Lipinski definition) is 7. The molecule has 0 saturated heterocycles. The topological polar surface area (TPSA) is 78.3 Å². The number of ether oxygens (including phenoxy) is 2. The number of nitrogens with one attached hydrogen (secondary N) is 1. The van der Waals surface area contributed by atoms with Crippen molar-refractivity contribution in [3.63, 3.8) is 0 Å². The molecule has 4 rings (SSSR count). The van der Waals surface area contributed by atoms with Crippen LogP contribution in [0, 0.1) is 6.92 Å². The van der Waals surface area contributed by atoms with Gasteiger partial charge in [-0.1, -0.05) is 66.7 Å². The number of carbonyl (C=O) groups is 1. The van der Waals surface area contributed by atoms with Crippen LogP contribution in [0.1, 0.15) is 43.5 Å². The summed E-state index contributed by atoms with van der Waals surface area (Å²) in [7, 11) is 0. The molecule has 3 aromatic rings. The van der Waals surface area contributed by atoms with Gasteiger partial charge in [-0.15, -0.1) is 5.10 Å². The highest BCUT2D eigenvalue weighted by atomic mass is 32.2. The van der Waals surface area contributed by atoms with Crippen molar-refractivity contribution in [2.45, 2.75) is 45.5 Å². The minimum absolute atomic E-state index is 0.287. The van der Waals surface area contributed by atoms with Crippen molar-refractivity contribution in [3.05, 3.63) is 76.5 Å². The van der Waals surface area contributed by atoms with Gasteiger partial charge < -0.3 is 14.8 Å². The monoisotopic (exact) mass is 464 g/mol. The number of carbonyl (C=O) groups excluding carboxylic acids is 1. The fraction of sp³-hybridized carbons (Fsp3) is 0.320. The molecule has 0 fully saturated rings. The number of esters is 1. The average molecular weight is 465 g/mol. The van der Waals surface area contributed by atoms with Crippen LogP contribution < -0.4 is 10.1 Å². The van der Waals surface area contributed by atoms with Crippen molar-refractivity contribution in [2.75, 3.05) is 17.7 Å². The van der Waals surface area contributed by atoms with Crippen LogP contribution in [-0.4, -0.2) is 33.1 Å². The van der Waals surface area contributed by atoms with Gasteiger partial charge in [-0.05, 0) is 38.2 Å². The lowest BCUT2D eigenvalue weighted by atomic mass is 9.95. The van der Waals surface area contributed by atoms with Gasteiger partial charge in [0.05, 0.1) is 12.2 Å². The van der Waals surface area contributed by atoms with Gasteiger partial charge in [0.25, 0.3) is 0 Å². The van der Waals surface area contributed by atoms with E-state index in [2.05, 4.69) is 48.4 Å². The minimum Gasteiger partial charge on any atom is -0.489 e. The number of aromatic nitrogens is 3. The zero-order valence-corrected chi connectivity index (χ0v) is 20.1. The molecule has 0 bridgehead atoms. The van der Waals surface area contributed by atoms with E-state index in [0.29, 0.717) is 34.7 Å². The standard InChI is InChI=1S/C25H28N4O3S/c1-5-31-23(30)21-17(4)26-24-27-25(33-6-2)28-29(24)22(21)19-9-7-8-10-20(19)32-15-18-13-11-16(3)12-14-18/h7-14,22H,5-6,15H2,1-4H3,(H,26,27,28). The molecule has 172 valence electrons. The van der Waals surface area contributed by atoms with Crippen LogP contribution in [0.5, 0.6) is 5.75 Å². The molecule has 1 aliphatic rings. The first-order valence-electron chi connectivity index (χ1n) is 11.0. The molecule has 1 unspecified atom stereocenters. The van der Waals surface area contributed by atoms with Gasteiger partial charge in [-0.2, -0.15) is 4.98 Å². The van der Waals surface area contributed by atoms with Crippen molar-refractivity contribution in [1.82, 2.24) is 14.8 Å². The second-order valence-electron chi connectivity index (χ2n) is 7.69. The lowest BCUT2D eigenvalue weighted by Crippen LogP contribution is -2.30. The number of thioether (sulfide) groups is 1. The average Bonchev–Trinajstić information content (AvgIpc) is 3.20. The van der Waals surface area contributed by atoms with E-state index in [4.69, 9.17) is 14.6 Å². The van der Waals surface area contributed by atoms with E-state index in [9.17, 15) is 4.79 Å². The van der Waals surface area contributed by atoms with Gasteiger partial charge in [0, 0.05) is 11.3 Å². The Kier molecular flexibility index (Phi) is 7.03. The number of nitrogens with zero attached hydrogens (tertiary/aromatic N) is 3. The van der Waals surface area contributed by atoms with Crippen LogP contribution in [0.15, 0.2) is 65.0 Å².